The third-order valence-corrected chi connectivity index (χ3v) is 5.63. The third kappa shape index (κ3) is 4.09. The van der Waals surface area contributed by atoms with Crippen molar-refractivity contribution < 1.29 is 0 Å². The lowest BCUT2D eigenvalue weighted by Crippen LogP contribution is -2.45. The highest BCUT2D eigenvalue weighted by atomic mass is 32.1. The Morgan fingerprint density at radius 2 is 1.69 bits per heavy atom. The average molecular weight is 366 g/mol. The van der Waals surface area contributed by atoms with Crippen LogP contribution in [0.25, 0.3) is 10.6 Å². The lowest BCUT2D eigenvalue weighted by atomic mass is 10.1. The summed E-state index contributed by atoms with van der Waals surface area (Å²) >= 11 is 1.65. The van der Waals surface area contributed by atoms with E-state index in [2.05, 4.69) is 50.3 Å². The van der Waals surface area contributed by atoms with Gasteiger partial charge in [0.1, 0.15) is 5.69 Å². The summed E-state index contributed by atoms with van der Waals surface area (Å²) in [6, 6.07) is 16.4. The van der Waals surface area contributed by atoms with E-state index in [9.17, 15) is 4.79 Å². The highest BCUT2D eigenvalue weighted by Crippen LogP contribution is 2.25. The van der Waals surface area contributed by atoms with Crippen LogP contribution in [0.4, 0.5) is 0 Å². The monoisotopic (exact) mass is 366 g/mol. The van der Waals surface area contributed by atoms with E-state index in [1.54, 1.807) is 17.4 Å². The second-order valence-electron chi connectivity index (χ2n) is 6.62. The fourth-order valence-corrected chi connectivity index (χ4v) is 4.13. The topological polar surface area (TPSA) is 52.2 Å². The van der Waals surface area contributed by atoms with Gasteiger partial charge < -0.3 is 0 Å². The Bertz CT molecular complexity index is 884. The largest absolute Gasteiger partial charge is 0.297 e. The van der Waals surface area contributed by atoms with E-state index in [-0.39, 0.29) is 5.56 Å². The van der Waals surface area contributed by atoms with Crippen LogP contribution in [0.1, 0.15) is 11.1 Å². The molecule has 3 aromatic rings. The normalized spacial score (nSPS) is 16.0. The number of aromatic nitrogens is 2. The summed E-state index contributed by atoms with van der Waals surface area (Å²) in [7, 11) is 0. The van der Waals surface area contributed by atoms with Crippen LogP contribution in [0, 0.1) is 0 Å². The Labute approximate surface area is 156 Å². The lowest BCUT2D eigenvalue weighted by molar-refractivity contribution is 0.122. The number of H-pyrrole nitrogens is 1. The van der Waals surface area contributed by atoms with Crippen LogP contribution >= 0.6 is 11.3 Å². The Morgan fingerprint density at radius 3 is 2.38 bits per heavy atom. The van der Waals surface area contributed by atoms with Crippen molar-refractivity contribution in [1.82, 2.24) is 20.0 Å². The minimum absolute atomic E-state index is 0.136. The van der Waals surface area contributed by atoms with E-state index in [0.29, 0.717) is 0 Å². The zero-order valence-corrected chi connectivity index (χ0v) is 15.4. The summed E-state index contributed by atoms with van der Waals surface area (Å²) in [5, 5.41) is 8.90. The van der Waals surface area contributed by atoms with Gasteiger partial charge >= 0.3 is 0 Å². The minimum Gasteiger partial charge on any atom is -0.297 e. The van der Waals surface area contributed by atoms with Gasteiger partial charge in [-0.3, -0.25) is 14.6 Å². The summed E-state index contributed by atoms with van der Waals surface area (Å²) in [5.74, 6) is 0. The van der Waals surface area contributed by atoms with Gasteiger partial charge in [0.15, 0.2) is 0 Å². The second kappa shape index (κ2) is 7.95. The Balaban J connectivity index is 1.40. The van der Waals surface area contributed by atoms with Crippen molar-refractivity contribution in [1.29, 1.82) is 0 Å². The standard InChI is InChI=1S/C20H22N4OS/c25-19-13-17(20(22-21-19)18-7-4-12-26-18)15-24-10-8-23(9-11-24)14-16-5-2-1-3-6-16/h1-7,12-13H,8-11,14-15H2,(H,21,25). The summed E-state index contributed by atoms with van der Waals surface area (Å²) in [6.45, 7) is 5.86. The highest BCUT2D eigenvalue weighted by Gasteiger charge is 2.19. The van der Waals surface area contributed by atoms with Gasteiger partial charge in [-0.05, 0) is 17.0 Å². The van der Waals surface area contributed by atoms with Crippen molar-refractivity contribution in [2.45, 2.75) is 13.1 Å². The molecule has 6 heteroatoms. The SMILES string of the molecule is O=c1cc(CN2CCN(Cc3ccccc3)CC2)c(-c2cccs2)n[nH]1. The van der Waals surface area contributed by atoms with Gasteiger partial charge in [-0.1, -0.05) is 36.4 Å². The molecule has 1 aliphatic heterocycles. The van der Waals surface area contributed by atoms with Gasteiger partial charge in [-0.15, -0.1) is 11.3 Å². The van der Waals surface area contributed by atoms with Crippen LogP contribution in [0.5, 0.6) is 0 Å². The molecule has 4 rings (SSSR count). The first-order valence-electron chi connectivity index (χ1n) is 8.89. The predicted molar refractivity (Wildman–Crippen MR) is 105 cm³/mol. The van der Waals surface area contributed by atoms with E-state index >= 15 is 0 Å². The molecule has 1 N–H and O–H groups in total. The van der Waals surface area contributed by atoms with Crippen molar-refractivity contribution in [2.24, 2.45) is 0 Å². The molecule has 5 nitrogen and oxygen atoms in total. The van der Waals surface area contributed by atoms with E-state index in [4.69, 9.17) is 0 Å². The van der Waals surface area contributed by atoms with Gasteiger partial charge in [-0.25, -0.2) is 5.10 Å². The van der Waals surface area contributed by atoms with E-state index in [0.717, 1.165) is 55.4 Å². The fraction of sp³-hybridized carbons (Fsp3) is 0.300. The molecule has 134 valence electrons. The van der Waals surface area contributed by atoms with Gasteiger partial charge in [0.2, 0.25) is 0 Å². The molecule has 1 saturated heterocycles. The smallest absolute Gasteiger partial charge is 0.264 e. The number of benzene rings is 1. The van der Waals surface area contributed by atoms with E-state index < -0.39 is 0 Å². The van der Waals surface area contributed by atoms with Crippen LogP contribution < -0.4 is 5.56 Å². The lowest BCUT2D eigenvalue weighted by Gasteiger charge is -2.34. The zero-order chi connectivity index (χ0) is 17.8. The molecule has 1 aromatic carbocycles. The van der Waals surface area contributed by atoms with Crippen molar-refractivity contribution in [3.05, 3.63) is 75.4 Å². The highest BCUT2D eigenvalue weighted by molar-refractivity contribution is 7.13. The molecule has 3 heterocycles. The summed E-state index contributed by atoms with van der Waals surface area (Å²) in [6.07, 6.45) is 0. The van der Waals surface area contributed by atoms with Crippen LogP contribution in [-0.4, -0.2) is 46.2 Å². The maximum absolute atomic E-state index is 11.8. The number of hydrogen-bond donors (Lipinski definition) is 1. The average Bonchev–Trinajstić information content (AvgIpc) is 3.19. The van der Waals surface area contributed by atoms with Crippen LogP contribution in [0.2, 0.25) is 0 Å². The summed E-state index contributed by atoms with van der Waals surface area (Å²) < 4.78 is 0. The third-order valence-electron chi connectivity index (χ3n) is 4.75. The molecular formula is C20H22N4OS. The molecule has 0 bridgehead atoms. The number of thiophene rings is 1. The molecule has 0 spiro atoms. The molecule has 0 saturated carbocycles. The van der Waals surface area contributed by atoms with Crippen molar-refractivity contribution in [3.63, 3.8) is 0 Å². The van der Waals surface area contributed by atoms with Crippen LogP contribution in [-0.2, 0) is 13.1 Å². The molecule has 0 radical (unpaired) electrons. The molecule has 26 heavy (non-hydrogen) atoms. The van der Waals surface area contributed by atoms with E-state index in [1.807, 2.05) is 17.5 Å². The van der Waals surface area contributed by atoms with Gasteiger partial charge in [0.05, 0.1) is 4.88 Å². The molecule has 0 amide bonds. The first kappa shape index (κ1) is 17.1. The number of nitrogens with one attached hydrogen (secondary N) is 1. The Morgan fingerprint density at radius 1 is 0.962 bits per heavy atom. The van der Waals surface area contributed by atoms with Crippen molar-refractivity contribution in [3.8, 4) is 10.6 Å². The van der Waals surface area contributed by atoms with Gasteiger partial charge in [0, 0.05) is 50.9 Å². The first-order valence-corrected chi connectivity index (χ1v) is 9.77. The molecule has 2 aromatic heterocycles. The maximum atomic E-state index is 11.8. The van der Waals surface area contributed by atoms with Crippen LogP contribution in [0.15, 0.2) is 58.7 Å². The molecule has 0 aliphatic carbocycles. The molecule has 1 aliphatic rings. The minimum atomic E-state index is -0.136. The quantitative estimate of drug-likeness (QED) is 0.754. The first-order chi connectivity index (χ1) is 12.8. The van der Waals surface area contributed by atoms with Gasteiger partial charge in [-0.2, -0.15) is 5.10 Å². The number of nitrogens with zero attached hydrogens (tertiary/aromatic N) is 3. The summed E-state index contributed by atoms with van der Waals surface area (Å²) in [5.41, 5.74) is 3.13. The Hall–Kier alpha value is -2.28. The Kier molecular flexibility index (Phi) is 5.24. The molecule has 1 fully saturated rings. The number of hydrogen-bond acceptors (Lipinski definition) is 5. The van der Waals surface area contributed by atoms with Crippen molar-refractivity contribution in [2.75, 3.05) is 26.2 Å². The van der Waals surface area contributed by atoms with Gasteiger partial charge in [0.25, 0.3) is 5.56 Å². The number of piperazine rings is 1. The predicted octanol–water partition coefficient (Wildman–Crippen LogP) is 2.82. The molecular weight excluding hydrogens is 344 g/mol. The van der Waals surface area contributed by atoms with Crippen molar-refractivity contribution >= 4 is 11.3 Å². The molecule has 0 atom stereocenters. The maximum Gasteiger partial charge on any atom is 0.264 e. The van der Waals surface area contributed by atoms with E-state index in [1.165, 1.54) is 5.56 Å². The number of aromatic amines is 1. The van der Waals surface area contributed by atoms with Crippen LogP contribution in [0.3, 0.4) is 0 Å². The summed E-state index contributed by atoms with van der Waals surface area (Å²) in [4.78, 5) is 17.8. The number of rotatable bonds is 5. The fourth-order valence-electron chi connectivity index (χ4n) is 3.38. The zero-order valence-electron chi connectivity index (χ0n) is 14.6. The second-order valence-corrected chi connectivity index (χ2v) is 7.57. The molecule has 0 unspecified atom stereocenters.